The lowest BCUT2D eigenvalue weighted by Gasteiger charge is -2.37. The van der Waals surface area contributed by atoms with E-state index in [2.05, 4.69) is 57.0 Å². The molecule has 2 heterocycles. The van der Waals surface area contributed by atoms with E-state index >= 15 is 0 Å². The van der Waals surface area contributed by atoms with Gasteiger partial charge in [0.05, 0.1) is 19.3 Å². The van der Waals surface area contributed by atoms with Gasteiger partial charge in [0.2, 0.25) is 0 Å². The van der Waals surface area contributed by atoms with Crippen LogP contribution in [0.25, 0.3) is 0 Å². The topological polar surface area (TPSA) is 62.3 Å². The maximum Gasteiger partial charge on any atom is 0.410 e. The monoisotopic (exact) mass is 537 g/mol. The minimum Gasteiger partial charge on any atom is -0.447 e. The summed E-state index contributed by atoms with van der Waals surface area (Å²) in [4.78, 5) is 31.9. The minimum absolute atomic E-state index is 0.0364. The molecule has 0 N–H and O–H groups in total. The second-order valence-corrected chi connectivity index (χ2v) is 11.0. The van der Waals surface area contributed by atoms with Crippen LogP contribution >= 0.6 is 11.6 Å². The molecule has 3 atom stereocenters. The van der Waals surface area contributed by atoms with Crippen LogP contribution in [0.15, 0.2) is 35.0 Å². The minimum atomic E-state index is -0.694. The van der Waals surface area contributed by atoms with Gasteiger partial charge in [-0.1, -0.05) is 57.0 Å². The normalized spacial score (nSPS) is 24.4. The average Bonchev–Trinajstić information content (AvgIpc) is 2.88. The lowest BCUT2D eigenvalue weighted by molar-refractivity contribution is -0.150. The van der Waals surface area contributed by atoms with Crippen molar-refractivity contribution in [3.8, 4) is 0 Å². The maximum absolute atomic E-state index is 13.7. The first-order valence-electron chi connectivity index (χ1n) is 14.0. The SMILES string of the molecule is CCC(C)CCN1/C=C(/Cl)C/C=C\C(CN(C(=O)C2CN(C(=O)OC(C)C)CCO2)C(C)CC)=C/CC1. The molecular formula is C29H48ClN3O4. The third-order valence-electron chi connectivity index (χ3n) is 7.09. The summed E-state index contributed by atoms with van der Waals surface area (Å²) in [6.07, 6.45) is 11.9. The number of ether oxygens (including phenoxy) is 2. The quantitative estimate of drug-likeness (QED) is 0.344. The number of carbonyl (C=O) groups is 2. The lowest BCUT2D eigenvalue weighted by Crippen LogP contribution is -2.54. The molecule has 2 aliphatic heterocycles. The van der Waals surface area contributed by atoms with Crippen molar-refractivity contribution in [3.05, 3.63) is 35.0 Å². The summed E-state index contributed by atoms with van der Waals surface area (Å²) >= 11 is 6.54. The first kappa shape index (κ1) is 31.2. The van der Waals surface area contributed by atoms with E-state index in [0.717, 1.165) is 43.0 Å². The Morgan fingerprint density at radius 3 is 2.62 bits per heavy atom. The molecule has 0 aromatic rings. The van der Waals surface area contributed by atoms with Crippen molar-refractivity contribution >= 4 is 23.6 Å². The summed E-state index contributed by atoms with van der Waals surface area (Å²) < 4.78 is 11.2. The highest BCUT2D eigenvalue weighted by atomic mass is 35.5. The summed E-state index contributed by atoms with van der Waals surface area (Å²) in [5, 5.41) is 0.820. The highest BCUT2D eigenvalue weighted by Gasteiger charge is 2.34. The molecule has 0 saturated carbocycles. The van der Waals surface area contributed by atoms with E-state index in [4.69, 9.17) is 21.1 Å². The number of morpholine rings is 1. The molecule has 0 spiro atoms. The predicted molar refractivity (Wildman–Crippen MR) is 150 cm³/mol. The van der Waals surface area contributed by atoms with Crippen molar-refractivity contribution < 1.29 is 19.1 Å². The van der Waals surface area contributed by atoms with Crippen LogP contribution in [0.1, 0.15) is 73.6 Å². The number of hydrogen-bond donors (Lipinski definition) is 0. The molecule has 0 aliphatic carbocycles. The van der Waals surface area contributed by atoms with Crippen LogP contribution in [0.5, 0.6) is 0 Å². The zero-order chi connectivity index (χ0) is 27.4. The highest BCUT2D eigenvalue weighted by molar-refractivity contribution is 6.29. The zero-order valence-corrected chi connectivity index (χ0v) is 24.5. The van der Waals surface area contributed by atoms with Crippen molar-refractivity contribution in [2.45, 2.75) is 91.9 Å². The van der Waals surface area contributed by atoms with Crippen molar-refractivity contribution in [2.24, 2.45) is 5.92 Å². The number of hydrogen-bond acceptors (Lipinski definition) is 5. The van der Waals surface area contributed by atoms with Crippen molar-refractivity contribution in [1.82, 2.24) is 14.7 Å². The van der Waals surface area contributed by atoms with E-state index in [-0.39, 0.29) is 24.6 Å². The highest BCUT2D eigenvalue weighted by Crippen LogP contribution is 2.19. The van der Waals surface area contributed by atoms with Crippen LogP contribution < -0.4 is 0 Å². The van der Waals surface area contributed by atoms with Crippen molar-refractivity contribution in [1.29, 1.82) is 0 Å². The van der Waals surface area contributed by atoms with E-state index in [0.29, 0.717) is 32.0 Å². The van der Waals surface area contributed by atoms with Crippen LogP contribution in [0.3, 0.4) is 0 Å². The molecule has 2 aliphatic rings. The number of rotatable bonds is 10. The van der Waals surface area contributed by atoms with Gasteiger partial charge in [-0.05, 0) is 51.5 Å². The van der Waals surface area contributed by atoms with Gasteiger partial charge in [-0.2, -0.15) is 0 Å². The first-order valence-corrected chi connectivity index (χ1v) is 14.4. The summed E-state index contributed by atoms with van der Waals surface area (Å²) in [5.74, 6) is 0.602. The number of carbonyl (C=O) groups excluding carboxylic acids is 2. The van der Waals surface area contributed by atoms with E-state index in [1.54, 1.807) is 4.90 Å². The fourth-order valence-electron chi connectivity index (χ4n) is 4.30. The summed E-state index contributed by atoms with van der Waals surface area (Å²) in [6.45, 7) is 15.6. The molecule has 0 radical (unpaired) electrons. The Labute approximate surface area is 229 Å². The molecule has 1 saturated heterocycles. The zero-order valence-electron chi connectivity index (χ0n) is 23.7. The number of nitrogens with zero attached hydrogens (tertiary/aromatic N) is 3. The molecule has 1 fully saturated rings. The Kier molecular flexibility index (Phi) is 13.6. The predicted octanol–water partition coefficient (Wildman–Crippen LogP) is 5.95. The van der Waals surface area contributed by atoms with Gasteiger partial charge >= 0.3 is 6.09 Å². The largest absolute Gasteiger partial charge is 0.447 e. The molecular weight excluding hydrogens is 490 g/mol. The number of halogens is 1. The van der Waals surface area contributed by atoms with Crippen LogP contribution in [-0.2, 0) is 14.3 Å². The second-order valence-electron chi connectivity index (χ2n) is 10.5. The van der Waals surface area contributed by atoms with Gasteiger partial charge in [-0.3, -0.25) is 4.79 Å². The standard InChI is InChI=1S/C29H48ClN3O4/c1-7-23(5)14-16-31-15-10-12-25(11-9-13-26(30)20-31)19-33(24(6)8-2)28(34)27-21-32(17-18-36-27)29(35)37-22(3)4/h9,11-12,20,22-24,27H,7-8,10,13-19,21H2,1-6H3/b11-9-,25-12+,26-20+. The van der Waals surface area contributed by atoms with Crippen LogP contribution in [0, 0.1) is 5.92 Å². The van der Waals surface area contributed by atoms with Gasteiger partial charge in [-0.15, -0.1) is 0 Å². The number of amides is 2. The van der Waals surface area contributed by atoms with Crippen LogP contribution in [0.4, 0.5) is 4.79 Å². The molecule has 7 nitrogen and oxygen atoms in total. The fourth-order valence-corrected chi connectivity index (χ4v) is 4.53. The van der Waals surface area contributed by atoms with Gasteiger partial charge in [0, 0.05) is 49.9 Å². The summed E-state index contributed by atoms with van der Waals surface area (Å²) in [7, 11) is 0. The molecule has 2 rings (SSSR count). The van der Waals surface area contributed by atoms with Gasteiger partial charge in [0.1, 0.15) is 0 Å². The second kappa shape index (κ2) is 16.1. The third-order valence-corrected chi connectivity index (χ3v) is 7.34. The van der Waals surface area contributed by atoms with Crippen LogP contribution in [-0.4, -0.2) is 84.3 Å². The Bertz CT molecular complexity index is 826. The molecule has 0 aromatic heterocycles. The lowest BCUT2D eigenvalue weighted by atomic mass is 10.0. The van der Waals surface area contributed by atoms with E-state index < -0.39 is 12.2 Å². The van der Waals surface area contributed by atoms with Gasteiger partial charge in [-0.25, -0.2) is 4.79 Å². The fraction of sp³-hybridized carbons (Fsp3) is 0.724. The van der Waals surface area contributed by atoms with Gasteiger partial charge in [0.25, 0.3) is 5.91 Å². The smallest absolute Gasteiger partial charge is 0.410 e. The van der Waals surface area contributed by atoms with E-state index in [1.807, 2.05) is 18.7 Å². The Morgan fingerprint density at radius 2 is 1.95 bits per heavy atom. The van der Waals surface area contributed by atoms with E-state index in [1.165, 1.54) is 6.42 Å². The molecule has 8 heteroatoms. The molecule has 3 unspecified atom stereocenters. The first-order chi connectivity index (χ1) is 17.6. The average molecular weight is 538 g/mol. The summed E-state index contributed by atoms with van der Waals surface area (Å²) in [5.41, 5.74) is 1.09. The Morgan fingerprint density at radius 1 is 1.19 bits per heavy atom. The van der Waals surface area contributed by atoms with Crippen LogP contribution in [0.2, 0.25) is 0 Å². The third kappa shape index (κ3) is 10.7. The molecule has 0 bridgehead atoms. The van der Waals surface area contributed by atoms with Gasteiger partial charge in [0.15, 0.2) is 6.10 Å². The Hall–Kier alpha value is -1.99. The van der Waals surface area contributed by atoms with Crippen molar-refractivity contribution in [2.75, 3.05) is 39.3 Å². The Balaban J connectivity index is 2.12. The molecule has 2 amide bonds. The molecule has 0 aromatic carbocycles. The van der Waals surface area contributed by atoms with Gasteiger partial charge < -0.3 is 24.2 Å². The number of allylic oxidation sites excluding steroid dienone is 2. The van der Waals surface area contributed by atoms with Crippen molar-refractivity contribution in [3.63, 3.8) is 0 Å². The maximum atomic E-state index is 13.7. The van der Waals surface area contributed by atoms with E-state index in [9.17, 15) is 9.59 Å². The molecule has 37 heavy (non-hydrogen) atoms. The summed E-state index contributed by atoms with van der Waals surface area (Å²) in [6, 6.07) is 0.0364. The molecule has 210 valence electrons.